The fraction of sp³-hybridized carbons (Fsp3) is 0.619. The Morgan fingerprint density at radius 2 is 2.03 bits per heavy atom. The van der Waals surface area contributed by atoms with Crippen LogP contribution in [0, 0.1) is 12.5 Å². The normalized spacial score (nSPS) is 26.7. The summed E-state index contributed by atoms with van der Waals surface area (Å²) in [5, 5.41) is 4.24. The Balaban J connectivity index is 2.07. The van der Waals surface area contributed by atoms with Crippen LogP contribution < -0.4 is 5.73 Å². The molecule has 29 heavy (non-hydrogen) atoms. The summed E-state index contributed by atoms with van der Waals surface area (Å²) >= 11 is 0. The van der Waals surface area contributed by atoms with Crippen LogP contribution in [-0.4, -0.2) is 45.8 Å². The third kappa shape index (κ3) is 5.11. The van der Waals surface area contributed by atoms with E-state index in [-0.39, 0.29) is 12.2 Å². The number of rotatable bonds is 10. The van der Waals surface area contributed by atoms with Crippen molar-refractivity contribution in [2.45, 2.75) is 58.1 Å². The maximum atomic E-state index is 8.41. The monoisotopic (exact) mass is 406 g/mol. The molecular formula is C21H30N6O2. The van der Waals surface area contributed by atoms with Crippen molar-refractivity contribution in [3.8, 4) is 11.3 Å². The molecule has 8 heteroatoms. The maximum absolute atomic E-state index is 8.41. The van der Waals surface area contributed by atoms with E-state index < -0.39 is 50.3 Å². The van der Waals surface area contributed by atoms with E-state index in [9.17, 15) is 0 Å². The average Bonchev–Trinajstić information content (AvgIpc) is 3.31. The number of hydrogen-bond donors (Lipinski definition) is 1. The second-order valence-corrected chi connectivity index (χ2v) is 6.26. The Morgan fingerprint density at radius 3 is 2.69 bits per heavy atom. The second-order valence-electron chi connectivity index (χ2n) is 6.26. The lowest BCUT2D eigenvalue weighted by atomic mass is 9.98. The van der Waals surface area contributed by atoms with Gasteiger partial charge in [-0.25, -0.2) is 16.5 Å². The van der Waals surface area contributed by atoms with Gasteiger partial charge in [-0.05, 0) is 32.5 Å². The Kier molecular flexibility index (Phi) is 4.61. The SMILES string of the molecule is [2H]C1([2H])C([C@@H](C[N+]#[C-])n2cc(-c3ncnc(N)c3CC(OCC)OCC)cn2)C([2H])([2H])C([2H])([2H])C1([2H])[2H]. The highest BCUT2D eigenvalue weighted by Gasteiger charge is 2.30. The zero-order chi connectivity index (χ0) is 27.8. The number of nitrogen functional groups attached to an aromatic ring is 1. The highest BCUT2D eigenvalue weighted by Crippen LogP contribution is 2.35. The van der Waals surface area contributed by atoms with E-state index in [4.69, 9.17) is 32.7 Å². The predicted octanol–water partition coefficient (Wildman–Crippen LogP) is 3.51. The minimum absolute atomic E-state index is 0.185. The molecule has 1 aliphatic carbocycles. The molecule has 0 amide bonds. The van der Waals surface area contributed by atoms with Gasteiger partial charge in [0.25, 0.3) is 0 Å². The minimum atomic E-state index is -3.16. The quantitative estimate of drug-likeness (QED) is 0.479. The van der Waals surface area contributed by atoms with Crippen molar-refractivity contribution in [2.75, 3.05) is 25.5 Å². The molecule has 2 aromatic rings. The van der Waals surface area contributed by atoms with Crippen LogP contribution in [0.1, 0.15) is 61.9 Å². The first kappa shape index (κ1) is 12.9. The smallest absolute Gasteiger partial charge is 0.237 e. The Labute approximate surface area is 183 Å². The van der Waals surface area contributed by atoms with Crippen molar-refractivity contribution in [3.63, 3.8) is 0 Å². The zero-order valence-corrected chi connectivity index (χ0v) is 16.4. The summed E-state index contributed by atoms with van der Waals surface area (Å²) in [6, 6.07) is -1.31. The van der Waals surface area contributed by atoms with E-state index >= 15 is 0 Å². The molecule has 1 atom stereocenters. The van der Waals surface area contributed by atoms with Crippen molar-refractivity contribution in [1.29, 1.82) is 0 Å². The second kappa shape index (κ2) is 10.3. The molecule has 2 heterocycles. The van der Waals surface area contributed by atoms with Gasteiger partial charge < -0.3 is 20.1 Å². The largest absolute Gasteiger partial charge is 0.383 e. The van der Waals surface area contributed by atoms with E-state index in [1.807, 2.05) is 13.8 Å². The number of ether oxygens (including phenoxy) is 2. The molecule has 2 aromatic heterocycles. The molecule has 1 saturated carbocycles. The van der Waals surface area contributed by atoms with Crippen LogP contribution in [0.25, 0.3) is 16.1 Å². The lowest BCUT2D eigenvalue weighted by molar-refractivity contribution is -0.134. The lowest BCUT2D eigenvalue weighted by Gasteiger charge is -2.19. The van der Waals surface area contributed by atoms with Crippen LogP contribution in [-0.2, 0) is 15.9 Å². The van der Waals surface area contributed by atoms with E-state index in [0.717, 1.165) is 0 Å². The number of aromatic nitrogens is 4. The summed E-state index contributed by atoms with van der Waals surface area (Å²) < 4.78 is 78.5. The molecule has 0 aromatic carbocycles. The highest BCUT2D eigenvalue weighted by molar-refractivity contribution is 5.66. The minimum Gasteiger partial charge on any atom is -0.383 e. The molecule has 8 nitrogen and oxygen atoms in total. The summed E-state index contributed by atoms with van der Waals surface area (Å²) in [7, 11) is 0. The maximum Gasteiger partial charge on any atom is 0.237 e. The fourth-order valence-electron chi connectivity index (χ4n) is 3.11. The van der Waals surface area contributed by atoms with Gasteiger partial charge in [-0.2, -0.15) is 5.10 Å². The van der Waals surface area contributed by atoms with Gasteiger partial charge >= 0.3 is 0 Å². The topological polar surface area (TPSA) is 92.4 Å². The zero-order valence-electron chi connectivity index (χ0n) is 24.4. The molecule has 0 aliphatic heterocycles. The lowest BCUT2D eigenvalue weighted by Crippen LogP contribution is -2.22. The molecule has 2 N–H and O–H groups in total. The molecule has 0 radical (unpaired) electrons. The summed E-state index contributed by atoms with van der Waals surface area (Å²) in [4.78, 5) is 11.7. The highest BCUT2D eigenvalue weighted by atomic mass is 16.7. The molecule has 0 bridgehead atoms. The van der Waals surface area contributed by atoms with Crippen LogP contribution in [0.4, 0.5) is 5.82 Å². The molecule has 1 fully saturated rings. The van der Waals surface area contributed by atoms with Gasteiger partial charge in [0.05, 0.1) is 11.9 Å². The van der Waals surface area contributed by atoms with E-state index in [0.29, 0.717) is 30.0 Å². The van der Waals surface area contributed by atoms with Gasteiger partial charge in [-0.1, -0.05) is 12.7 Å². The number of nitrogens with zero attached hydrogens (tertiary/aromatic N) is 5. The van der Waals surface area contributed by atoms with E-state index in [1.165, 1.54) is 23.4 Å². The molecule has 0 saturated heterocycles. The fourth-order valence-corrected chi connectivity index (χ4v) is 3.11. The number of anilines is 1. The van der Waals surface area contributed by atoms with E-state index in [2.05, 4.69) is 19.9 Å². The van der Waals surface area contributed by atoms with Crippen molar-refractivity contribution in [2.24, 2.45) is 5.92 Å². The molecule has 156 valence electrons. The van der Waals surface area contributed by atoms with E-state index in [1.54, 1.807) is 0 Å². The first-order valence-electron chi connectivity index (χ1n) is 13.4. The van der Waals surface area contributed by atoms with Crippen LogP contribution >= 0.6 is 0 Å². The van der Waals surface area contributed by atoms with Crippen molar-refractivity contribution < 1.29 is 20.4 Å². The van der Waals surface area contributed by atoms with Gasteiger partial charge in [-0.15, -0.1) is 0 Å². The molecule has 0 spiro atoms. The van der Waals surface area contributed by atoms with Crippen LogP contribution in [0.3, 0.4) is 0 Å². The molecule has 1 aliphatic rings. The average molecular weight is 407 g/mol. The predicted molar refractivity (Wildman–Crippen MR) is 111 cm³/mol. The van der Waals surface area contributed by atoms with Crippen LogP contribution in [0.15, 0.2) is 18.7 Å². The van der Waals surface area contributed by atoms with Crippen LogP contribution in [0.2, 0.25) is 0 Å². The number of nitrogens with two attached hydrogens (primary N) is 1. The Morgan fingerprint density at radius 1 is 1.31 bits per heavy atom. The third-order valence-corrected chi connectivity index (χ3v) is 4.45. The standard InChI is InChI=1S/C21H30N6O2/c1-4-28-19(29-5-2)10-17-20(24-14-25-21(17)22)16-11-26-27(13-16)18(12-23-3)15-8-6-7-9-15/h11,13-15,18-19H,4-10,12H2,1-2H3,(H2,22,24,25)/t18-/m1/s1/i6D2,7D2,8D2,9D2. The van der Waals surface area contributed by atoms with Gasteiger partial charge in [0, 0.05) is 47.9 Å². The van der Waals surface area contributed by atoms with Crippen LogP contribution in [0.5, 0.6) is 0 Å². The van der Waals surface area contributed by atoms with Gasteiger partial charge in [0.1, 0.15) is 18.2 Å². The summed E-state index contributed by atoms with van der Waals surface area (Å²) in [5.74, 6) is -1.67. The summed E-state index contributed by atoms with van der Waals surface area (Å²) in [6.45, 7) is 11.4. The first-order chi connectivity index (χ1) is 17.2. The molecule has 3 rings (SSSR count). The Bertz CT molecular complexity index is 1120. The molecular weight excluding hydrogens is 368 g/mol. The molecule has 0 unspecified atom stereocenters. The number of hydrogen-bond acceptors (Lipinski definition) is 6. The Hall–Kier alpha value is -2.50. The van der Waals surface area contributed by atoms with Crippen molar-refractivity contribution in [3.05, 3.63) is 35.7 Å². The third-order valence-electron chi connectivity index (χ3n) is 4.45. The van der Waals surface area contributed by atoms with Gasteiger partial charge in [0.15, 0.2) is 6.29 Å². The summed E-state index contributed by atoms with van der Waals surface area (Å²) in [6.07, 6.45) is -8.53. The first-order valence-corrected chi connectivity index (χ1v) is 9.39. The van der Waals surface area contributed by atoms with Gasteiger partial charge in [0.2, 0.25) is 6.54 Å². The summed E-state index contributed by atoms with van der Waals surface area (Å²) in [5.41, 5.74) is 7.44. The van der Waals surface area contributed by atoms with Crippen molar-refractivity contribution >= 4 is 5.82 Å². The van der Waals surface area contributed by atoms with Crippen molar-refractivity contribution in [1.82, 2.24) is 19.7 Å². The van der Waals surface area contributed by atoms with Gasteiger partial charge in [-0.3, -0.25) is 4.68 Å².